The zero-order chi connectivity index (χ0) is 13.9. The van der Waals surface area contributed by atoms with Crippen LogP contribution in [0.1, 0.15) is 43.7 Å². The lowest BCUT2D eigenvalue weighted by Crippen LogP contribution is -2.40. The van der Waals surface area contributed by atoms with E-state index in [1.54, 1.807) is 13.4 Å². The summed E-state index contributed by atoms with van der Waals surface area (Å²) in [6.45, 7) is 1.80. The summed E-state index contributed by atoms with van der Waals surface area (Å²) in [7, 11) is 1.71. The maximum Gasteiger partial charge on any atom is 0.222 e. The summed E-state index contributed by atoms with van der Waals surface area (Å²) in [6.07, 6.45) is 7.34. The van der Waals surface area contributed by atoms with E-state index in [1.165, 1.54) is 25.0 Å². The molecule has 20 heavy (non-hydrogen) atoms. The van der Waals surface area contributed by atoms with E-state index in [1.807, 2.05) is 0 Å². The summed E-state index contributed by atoms with van der Waals surface area (Å²) in [5.41, 5.74) is 1.19. The lowest BCUT2D eigenvalue weighted by molar-refractivity contribution is -0.125. The molecule has 1 saturated carbocycles. The molecule has 2 fully saturated rings. The van der Waals surface area contributed by atoms with Crippen LogP contribution in [-0.2, 0) is 4.79 Å². The van der Waals surface area contributed by atoms with Crippen LogP contribution in [0.3, 0.4) is 0 Å². The van der Waals surface area contributed by atoms with Gasteiger partial charge in [-0.05, 0) is 25.7 Å². The average Bonchev–Trinajstić information content (AvgIpc) is 2.45. The molecule has 0 aromatic carbocycles. The van der Waals surface area contributed by atoms with Crippen molar-refractivity contribution in [3.63, 3.8) is 0 Å². The number of nitrogens with zero attached hydrogens (tertiary/aromatic N) is 3. The Morgan fingerprint density at radius 3 is 2.60 bits per heavy atom. The van der Waals surface area contributed by atoms with Gasteiger partial charge in [-0.1, -0.05) is 6.42 Å². The Morgan fingerprint density at radius 2 is 2.00 bits per heavy atom. The van der Waals surface area contributed by atoms with Gasteiger partial charge < -0.3 is 10.2 Å². The van der Waals surface area contributed by atoms with Gasteiger partial charge in [-0.15, -0.1) is 0 Å². The highest BCUT2D eigenvalue weighted by Crippen LogP contribution is 2.36. The van der Waals surface area contributed by atoms with Crippen molar-refractivity contribution in [3.8, 4) is 0 Å². The smallest absolute Gasteiger partial charge is 0.222 e. The van der Waals surface area contributed by atoms with Gasteiger partial charge in [0.15, 0.2) is 0 Å². The molecular formula is C15H22N4O. The Kier molecular flexibility index (Phi) is 3.85. The zero-order valence-corrected chi connectivity index (χ0v) is 12.0. The largest absolute Gasteiger partial charge is 0.359 e. The summed E-state index contributed by atoms with van der Waals surface area (Å²) in [5, 5.41) is 2.75. The topological polar surface area (TPSA) is 58.1 Å². The van der Waals surface area contributed by atoms with E-state index in [9.17, 15) is 4.79 Å². The van der Waals surface area contributed by atoms with Crippen LogP contribution in [0.2, 0.25) is 0 Å². The fraction of sp³-hybridized carbons (Fsp3) is 0.667. The summed E-state index contributed by atoms with van der Waals surface area (Å²) in [6, 6.07) is 2.14. The predicted molar refractivity (Wildman–Crippen MR) is 77.6 cm³/mol. The molecule has 1 aliphatic heterocycles. The minimum absolute atomic E-state index is 0.157. The molecule has 1 amide bonds. The third-order valence-electron chi connectivity index (χ3n) is 4.63. The Hall–Kier alpha value is -1.65. The molecule has 0 radical (unpaired) electrons. The van der Waals surface area contributed by atoms with Gasteiger partial charge in [-0.3, -0.25) is 4.79 Å². The molecule has 108 valence electrons. The molecule has 1 aromatic heterocycles. The molecule has 1 N–H and O–H groups in total. The number of aromatic nitrogens is 2. The van der Waals surface area contributed by atoms with Gasteiger partial charge in [-0.25, -0.2) is 9.97 Å². The third kappa shape index (κ3) is 2.62. The second-order valence-electron chi connectivity index (χ2n) is 5.80. The van der Waals surface area contributed by atoms with E-state index < -0.39 is 0 Å². The first-order valence-corrected chi connectivity index (χ1v) is 7.56. The van der Waals surface area contributed by atoms with Gasteiger partial charge in [0.05, 0.1) is 0 Å². The number of anilines is 1. The van der Waals surface area contributed by atoms with Crippen molar-refractivity contribution in [1.29, 1.82) is 0 Å². The molecule has 5 heteroatoms. The van der Waals surface area contributed by atoms with Crippen LogP contribution in [0.25, 0.3) is 0 Å². The van der Waals surface area contributed by atoms with E-state index in [2.05, 4.69) is 26.3 Å². The highest BCUT2D eigenvalue weighted by molar-refractivity contribution is 5.78. The zero-order valence-electron chi connectivity index (χ0n) is 12.0. The molecular weight excluding hydrogens is 252 g/mol. The van der Waals surface area contributed by atoms with Crippen LogP contribution in [0.4, 0.5) is 5.82 Å². The number of carbonyl (C=O) groups excluding carboxylic acids is 1. The van der Waals surface area contributed by atoms with E-state index in [4.69, 9.17) is 0 Å². The van der Waals surface area contributed by atoms with Crippen LogP contribution in [0.15, 0.2) is 12.4 Å². The number of carbonyl (C=O) groups is 1. The highest BCUT2D eigenvalue weighted by atomic mass is 16.1. The fourth-order valence-electron chi connectivity index (χ4n) is 3.04. The molecule has 2 aliphatic rings. The van der Waals surface area contributed by atoms with Gasteiger partial charge in [0.25, 0.3) is 0 Å². The van der Waals surface area contributed by atoms with Crippen molar-refractivity contribution in [2.45, 2.75) is 38.0 Å². The monoisotopic (exact) mass is 274 g/mol. The van der Waals surface area contributed by atoms with Crippen LogP contribution in [-0.4, -0.2) is 36.0 Å². The van der Waals surface area contributed by atoms with Gasteiger partial charge in [0, 0.05) is 43.7 Å². The number of piperidine rings is 1. The number of rotatable bonds is 3. The van der Waals surface area contributed by atoms with Gasteiger partial charge in [-0.2, -0.15) is 0 Å². The first-order valence-electron chi connectivity index (χ1n) is 7.56. The molecule has 1 aromatic rings. The van der Waals surface area contributed by atoms with Crippen molar-refractivity contribution < 1.29 is 4.79 Å². The first-order chi connectivity index (χ1) is 9.78. The van der Waals surface area contributed by atoms with Crippen molar-refractivity contribution in [1.82, 2.24) is 15.3 Å². The predicted octanol–water partition coefficient (Wildman–Crippen LogP) is 1.71. The SMILES string of the molecule is CNC(=O)C1CCN(c2cc(C3CCC3)ncn2)CC1. The Labute approximate surface area is 119 Å². The van der Waals surface area contributed by atoms with E-state index in [0.717, 1.165) is 31.7 Å². The maximum atomic E-state index is 11.6. The molecule has 2 heterocycles. The summed E-state index contributed by atoms with van der Waals surface area (Å²) in [5.74, 6) is 1.99. The molecule has 1 aliphatic carbocycles. The molecule has 0 spiro atoms. The average molecular weight is 274 g/mol. The molecule has 1 saturated heterocycles. The molecule has 0 unspecified atom stereocenters. The molecule has 3 rings (SSSR count). The lowest BCUT2D eigenvalue weighted by Gasteiger charge is -2.32. The van der Waals surface area contributed by atoms with Crippen molar-refractivity contribution in [2.75, 3.05) is 25.0 Å². The van der Waals surface area contributed by atoms with Crippen molar-refractivity contribution in [3.05, 3.63) is 18.1 Å². The van der Waals surface area contributed by atoms with Gasteiger partial charge in [0.1, 0.15) is 12.1 Å². The van der Waals surface area contributed by atoms with Crippen LogP contribution < -0.4 is 10.2 Å². The highest BCUT2D eigenvalue weighted by Gasteiger charge is 2.26. The summed E-state index contributed by atoms with van der Waals surface area (Å²) >= 11 is 0. The van der Waals surface area contributed by atoms with Crippen LogP contribution in [0, 0.1) is 5.92 Å². The minimum atomic E-state index is 0.157. The summed E-state index contributed by atoms with van der Waals surface area (Å²) in [4.78, 5) is 22.7. The molecule has 0 atom stereocenters. The number of hydrogen-bond donors (Lipinski definition) is 1. The maximum absolute atomic E-state index is 11.6. The standard InChI is InChI=1S/C15H22N4O/c1-16-15(20)12-5-7-19(8-6-12)14-9-13(17-10-18-14)11-3-2-4-11/h9-12H,2-8H2,1H3,(H,16,20). The van der Waals surface area contributed by atoms with E-state index in [-0.39, 0.29) is 11.8 Å². The van der Waals surface area contributed by atoms with Crippen molar-refractivity contribution in [2.24, 2.45) is 5.92 Å². The van der Waals surface area contributed by atoms with Crippen molar-refractivity contribution >= 4 is 11.7 Å². The third-order valence-corrected chi connectivity index (χ3v) is 4.63. The van der Waals surface area contributed by atoms with Gasteiger partial charge in [0.2, 0.25) is 5.91 Å². The number of amides is 1. The quantitative estimate of drug-likeness (QED) is 0.911. The Bertz CT molecular complexity index is 479. The number of hydrogen-bond acceptors (Lipinski definition) is 4. The first kappa shape index (κ1) is 13.3. The van der Waals surface area contributed by atoms with E-state index in [0.29, 0.717) is 5.92 Å². The summed E-state index contributed by atoms with van der Waals surface area (Å²) < 4.78 is 0. The molecule has 5 nitrogen and oxygen atoms in total. The minimum Gasteiger partial charge on any atom is -0.359 e. The van der Waals surface area contributed by atoms with Gasteiger partial charge >= 0.3 is 0 Å². The number of nitrogens with one attached hydrogen (secondary N) is 1. The normalized spacial score (nSPS) is 20.6. The molecule has 0 bridgehead atoms. The second-order valence-corrected chi connectivity index (χ2v) is 5.80. The fourth-order valence-corrected chi connectivity index (χ4v) is 3.04. The Morgan fingerprint density at radius 1 is 1.25 bits per heavy atom. The van der Waals surface area contributed by atoms with Crippen LogP contribution in [0.5, 0.6) is 0 Å². The van der Waals surface area contributed by atoms with Crippen LogP contribution >= 0.6 is 0 Å². The van der Waals surface area contributed by atoms with E-state index >= 15 is 0 Å². The lowest BCUT2D eigenvalue weighted by atomic mass is 9.83. The Balaban J connectivity index is 1.64. The second kappa shape index (κ2) is 5.77.